The number of hydrogen-bond acceptors (Lipinski definition) is 14. The van der Waals surface area contributed by atoms with Gasteiger partial charge >= 0.3 is 5.97 Å². The van der Waals surface area contributed by atoms with Crippen LogP contribution in [0.2, 0.25) is 0 Å². The summed E-state index contributed by atoms with van der Waals surface area (Å²) >= 11 is 1.32. The number of nitriles is 1. The van der Waals surface area contributed by atoms with Gasteiger partial charge in [0.25, 0.3) is 0 Å². The fourth-order valence-electron chi connectivity index (χ4n) is 7.20. The Morgan fingerprint density at radius 1 is 0.551 bits per heavy atom. The lowest BCUT2D eigenvalue weighted by molar-refractivity contribution is -0.132. The van der Waals surface area contributed by atoms with Crippen LogP contribution < -0.4 is 23.8 Å². The first-order valence-corrected chi connectivity index (χ1v) is 23.4. The number of nitrogens with zero attached hydrogens (tertiary/aromatic N) is 2. The minimum Gasteiger partial charge on any atom is -0.491 e. The van der Waals surface area contributed by atoms with Crippen LogP contribution in [-0.2, 0) is 33.2 Å². The van der Waals surface area contributed by atoms with Gasteiger partial charge in [0.2, 0.25) is 0 Å². The molecule has 1 aliphatic heterocycles. The number of fused-ring (bicyclic) bond motifs is 1. The van der Waals surface area contributed by atoms with E-state index in [1.165, 1.54) is 17.4 Å². The molecule has 15 heteroatoms. The van der Waals surface area contributed by atoms with E-state index in [9.17, 15) is 15.2 Å². The molecule has 0 amide bonds. The van der Waals surface area contributed by atoms with E-state index in [-0.39, 0.29) is 5.57 Å². The molecule has 0 saturated carbocycles. The molecule has 0 bridgehead atoms. The number of carbonyl (C=O) groups is 1. The van der Waals surface area contributed by atoms with Gasteiger partial charge in [0.1, 0.15) is 49.6 Å². The molecule has 69 heavy (non-hydrogen) atoms. The minimum absolute atomic E-state index is 0.316. The Kier molecular flexibility index (Phi) is 19.4. The highest BCUT2D eigenvalue weighted by molar-refractivity contribution is 7.17. The standard InChI is InChI=1S/C54H56N2O12S/c1-59-23-25-61-27-29-63-31-33-65-48-19-9-41(10-20-48)39-3-13-45(14-4-39)56(46-15-5-40(6-16-46)42-11-21-49(22-12-42)66-34-32-64-30-28-62-26-24-60-2)47-17-7-43(8-18-47)53-52-51(67-35-36-68-52)50(69-53)37-44(38-55)54(57)58/h3-22,37H,23-36H2,1-2H3,(H,57,58)/b44-37-. The number of hydrogen-bond donors (Lipinski definition) is 1. The fourth-order valence-corrected chi connectivity index (χ4v) is 8.34. The highest BCUT2D eigenvalue weighted by Gasteiger charge is 2.26. The molecular formula is C54H56N2O12S. The molecule has 0 atom stereocenters. The lowest BCUT2D eigenvalue weighted by Gasteiger charge is -2.26. The summed E-state index contributed by atoms with van der Waals surface area (Å²) in [6.07, 6.45) is 1.33. The molecule has 0 radical (unpaired) electrons. The van der Waals surface area contributed by atoms with Gasteiger partial charge in [-0.25, -0.2) is 4.79 Å². The summed E-state index contributed by atoms with van der Waals surface area (Å²) in [5, 5.41) is 19.0. The van der Waals surface area contributed by atoms with Crippen molar-refractivity contribution >= 4 is 40.4 Å². The molecule has 0 saturated heterocycles. The largest absolute Gasteiger partial charge is 0.491 e. The van der Waals surface area contributed by atoms with Gasteiger partial charge in [-0.3, -0.25) is 0 Å². The van der Waals surface area contributed by atoms with Crippen LogP contribution in [0.3, 0.4) is 0 Å². The van der Waals surface area contributed by atoms with Crippen LogP contribution in [0.5, 0.6) is 23.0 Å². The molecule has 7 rings (SSSR count). The van der Waals surface area contributed by atoms with Crippen LogP contribution in [0.1, 0.15) is 4.88 Å². The third kappa shape index (κ3) is 14.4. The van der Waals surface area contributed by atoms with Crippen LogP contribution in [0.25, 0.3) is 38.8 Å². The van der Waals surface area contributed by atoms with Crippen molar-refractivity contribution in [1.82, 2.24) is 0 Å². The van der Waals surface area contributed by atoms with Gasteiger partial charge in [-0.2, -0.15) is 5.26 Å². The fraction of sp³-hybridized carbons (Fsp3) is 0.296. The highest BCUT2D eigenvalue weighted by Crippen LogP contribution is 2.50. The summed E-state index contributed by atoms with van der Waals surface area (Å²) in [4.78, 5) is 15.2. The van der Waals surface area contributed by atoms with Gasteiger partial charge in [0.05, 0.1) is 75.8 Å². The molecule has 5 aromatic carbocycles. The molecule has 360 valence electrons. The molecule has 6 aromatic rings. The molecular weight excluding hydrogens is 901 g/mol. The molecule has 1 N–H and O–H groups in total. The van der Waals surface area contributed by atoms with E-state index in [1.54, 1.807) is 20.3 Å². The summed E-state index contributed by atoms with van der Waals surface area (Å²) in [6.45, 7) is 6.68. The average Bonchev–Trinajstić information content (AvgIpc) is 3.76. The molecule has 1 aromatic heterocycles. The first-order valence-electron chi connectivity index (χ1n) is 22.6. The Labute approximate surface area is 406 Å². The normalized spacial score (nSPS) is 12.1. The van der Waals surface area contributed by atoms with E-state index >= 15 is 0 Å². The summed E-state index contributed by atoms with van der Waals surface area (Å²) in [7, 11) is 3.29. The molecule has 0 spiro atoms. The summed E-state index contributed by atoms with van der Waals surface area (Å²) in [5.41, 5.74) is 7.47. The number of rotatable bonds is 28. The second-order valence-electron chi connectivity index (χ2n) is 15.3. The predicted molar refractivity (Wildman–Crippen MR) is 266 cm³/mol. The van der Waals surface area contributed by atoms with Crippen LogP contribution >= 0.6 is 11.3 Å². The second kappa shape index (κ2) is 26.7. The van der Waals surface area contributed by atoms with Gasteiger partial charge in [0, 0.05) is 31.3 Å². The Hall–Kier alpha value is -6.74. The SMILES string of the molecule is COCCOCCOCCOc1ccc(-c2ccc(N(c3ccc(-c4ccc(OCCOCCOCCOC)cc4)cc3)c3ccc(-c4sc(/C=C(/C#N)C(=O)O)c5c4OCCO5)cc3)cc2)cc1. The third-order valence-corrected chi connectivity index (χ3v) is 11.8. The lowest BCUT2D eigenvalue weighted by Crippen LogP contribution is -2.15. The summed E-state index contributed by atoms with van der Waals surface area (Å²) in [5.74, 6) is 1.18. The number of carboxylic acids is 1. The van der Waals surface area contributed by atoms with Gasteiger partial charge in [0.15, 0.2) is 11.5 Å². The Morgan fingerprint density at radius 2 is 0.913 bits per heavy atom. The van der Waals surface area contributed by atoms with Crippen molar-refractivity contribution in [3.8, 4) is 61.8 Å². The van der Waals surface area contributed by atoms with E-state index in [0.29, 0.717) is 109 Å². The van der Waals surface area contributed by atoms with Gasteiger partial charge in [-0.15, -0.1) is 11.3 Å². The van der Waals surface area contributed by atoms with Gasteiger partial charge in [-0.05, 0) is 94.6 Å². The summed E-state index contributed by atoms with van der Waals surface area (Å²) in [6, 6.07) is 42.7. The van der Waals surface area contributed by atoms with Crippen LogP contribution in [-0.4, -0.2) is 118 Å². The number of ether oxygens (including phenoxy) is 10. The highest BCUT2D eigenvalue weighted by atomic mass is 32.1. The van der Waals surface area contributed by atoms with E-state index < -0.39 is 5.97 Å². The van der Waals surface area contributed by atoms with Crippen molar-refractivity contribution < 1.29 is 57.3 Å². The average molecular weight is 957 g/mol. The van der Waals surface area contributed by atoms with Crippen molar-refractivity contribution in [3.63, 3.8) is 0 Å². The predicted octanol–water partition coefficient (Wildman–Crippen LogP) is 10.1. The van der Waals surface area contributed by atoms with Crippen molar-refractivity contribution in [2.75, 3.05) is 112 Å². The van der Waals surface area contributed by atoms with E-state index in [0.717, 1.165) is 61.3 Å². The minimum atomic E-state index is -1.31. The van der Waals surface area contributed by atoms with E-state index in [4.69, 9.17) is 47.4 Å². The quantitative estimate of drug-likeness (QED) is 0.0282. The molecule has 0 fully saturated rings. The van der Waals surface area contributed by atoms with Crippen LogP contribution in [0.15, 0.2) is 127 Å². The van der Waals surface area contributed by atoms with Crippen molar-refractivity contribution in [1.29, 1.82) is 5.26 Å². The zero-order valence-electron chi connectivity index (χ0n) is 38.8. The Bertz CT molecular complexity index is 2470. The number of thiophene rings is 1. The number of carboxylic acid groups (broad SMARTS) is 1. The molecule has 0 aliphatic carbocycles. The second-order valence-corrected chi connectivity index (χ2v) is 16.3. The zero-order chi connectivity index (χ0) is 48.0. The maximum Gasteiger partial charge on any atom is 0.346 e. The van der Waals surface area contributed by atoms with Crippen molar-refractivity contribution in [2.45, 2.75) is 0 Å². The van der Waals surface area contributed by atoms with E-state index in [2.05, 4.69) is 53.4 Å². The number of anilines is 3. The van der Waals surface area contributed by atoms with Gasteiger partial charge < -0.3 is 57.4 Å². The number of aliphatic carboxylic acids is 1. The molecule has 0 unspecified atom stereocenters. The zero-order valence-corrected chi connectivity index (χ0v) is 39.6. The molecule has 2 heterocycles. The Balaban J connectivity index is 1.07. The topological polar surface area (TPSA) is 157 Å². The molecule has 14 nitrogen and oxygen atoms in total. The maximum atomic E-state index is 11.7. The van der Waals surface area contributed by atoms with Gasteiger partial charge in [-0.1, -0.05) is 60.7 Å². The lowest BCUT2D eigenvalue weighted by atomic mass is 10.0. The van der Waals surface area contributed by atoms with Crippen molar-refractivity contribution in [3.05, 3.63) is 132 Å². The third-order valence-electron chi connectivity index (χ3n) is 10.7. The smallest absolute Gasteiger partial charge is 0.346 e. The van der Waals surface area contributed by atoms with E-state index in [1.807, 2.05) is 72.8 Å². The summed E-state index contributed by atoms with van der Waals surface area (Å²) < 4.78 is 55.8. The van der Waals surface area contributed by atoms with Crippen LogP contribution in [0.4, 0.5) is 17.1 Å². The monoisotopic (exact) mass is 956 g/mol. The first-order chi connectivity index (χ1) is 33.9. The Morgan fingerprint density at radius 3 is 1.30 bits per heavy atom. The number of benzene rings is 5. The van der Waals surface area contributed by atoms with Crippen LogP contribution in [0, 0.1) is 11.3 Å². The van der Waals surface area contributed by atoms with Crippen molar-refractivity contribution in [2.24, 2.45) is 0 Å². The first kappa shape index (κ1) is 50.1. The maximum absolute atomic E-state index is 11.7. The number of methoxy groups -OCH3 is 2. The molecule has 1 aliphatic rings.